The van der Waals surface area contributed by atoms with Crippen LogP contribution in [0.2, 0.25) is 0 Å². The molecule has 724 valence electrons. The second-order valence-electron chi connectivity index (χ2n) is 33.6. The number of nitrogens with one attached hydrogen (secondary N) is 2. The molecule has 4 atom stereocenters. The van der Waals surface area contributed by atoms with Crippen LogP contribution in [-0.4, -0.2) is 71.1 Å². The molecule has 0 saturated carbocycles. The highest BCUT2D eigenvalue weighted by molar-refractivity contribution is 5.45. The fourth-order valence-corrected chi connectivity index (χ4v) is 17.2. The molecule has 0 bridgehead atoms. The van der Waals surface area contributed by atoms with Crippen LogP contribution < -0.4 is 39.3 Å². The number of rotatable bonds is 33. The lowest BCUT2D eigenvalue weighted by Gasteiger charge is -2.26. The van der Waals surface area contributed by atoms with Crippen molar-refractivity contribution >= 4 is 0 Å². The van der Waals surface area contributed by atoms with Crippen molar-refractivity contribution < 1.29 is 66.6 Å². The summed E-state index contributed by atoms with van der Waals surface area (Å²) in [4.78, 5) is 0. The van der Waals surface area contributed by atoms with E-state index in [4.69, 9.17) is 28.7 Å². The normalized spacial score (nSPS) is 11.9. The summed E-state index contributed by atoms with van der Waals surface area (Å²) in [6.07, 6.45) is 4.44. The minimum absolute atomic E-state index is 0.000417. The molecular formula is C115H125F14N7O. The third kappa shape index (κ3) is 34.5. The van der Waals surface area contributed by atoms with Gasteiger partial charge in [-0.15, -0.1) is 0 Å². The van der Waals surface area contributed by atoms with E-state index in [2.05, 4.69) is 10.6 Å². The van der Waals surface area contributed by atoms with Gasteiger partial charge in [0.2, 0.25) is 0 Å². The van der Waals surface area contributed by atoms with Crippen LogP contribution in [0.1, 0.15) is 194 Å². The maximum absolute atomic E-state index is 13.7. The first-order valence-corrected chi connectivity index (χ1v) is 46.0. The summed E-state index contributed by atoms with van der Waals surface area (Å²) in [5, 5.41) is 15.8. The predicted octanol–water partition coefficient (Wildman–Crippen LogP) is 26.1. The third-order valence-electron chi connectivity index (χ3n) is 24.1. The molecular weight excluding hydrogens is 1760 g/mol. The van der Waals surface area contributed by atoms with Gasteiger partial charge in [0.05, 0.1) is 0 Å². The standard InChI is InChI=1S/3C17H19F2N.C16H17F2NO.3C16H17F2N/c1-11-3-5-13(18)9-16(11)15(7-8-20)17-10-14(19)6-4-12(17)2;1-2-12(11-20)17(13-5-3-7-15(18)9-13)14-6-4-8-16(19)10-14;1-2-20-10-9-17(13-5-3-7-15(18)11-13)14-6-4-8-16(19)12-14;17-14-5-1-3-11(7-14)16(13(9-19)10-20)12-4-2-6-15(18)8-12;1-19-9-8-16(12-4-2-6-14(17)10-12)13-5-3-7-15(18)11-13;1-11-14(6-3-7-16(11)18)15(8-9-19)12-4-2-5-13(17)10-12;1-11-5-6-14(18)10-16(11)15(7-8-19)12-3-2-4-13(17)9-12/h3-6,9-10,15H,7-8,20H2,1-2H3;3-10,12,17H,2,11,20H2,1H3;3-8,11-12,17,20H,2,9-10H2,1H3;1-8,13,16,20H,9-10,19H2;2-7,10-11,16,19H,8-9H2,1H3;2-7,10,15H,8-9,19H2,1H3;2-6,9-10,15H,7-8,19H2,1H3. The number of aliphatic hydroxyl groups excluding tert-OH is 1. The van der Waals surface area contributed by atoms with Crippen LogP contribution in [0.3, 0.4) is 0 Å². The molecule has 0 aliphatic rings. The van der Waals surface area contributed by atoms with Gasteiger partial charge in [-0.2, -0.15) is 0 Å². The van der Waals surface area contributed by atoms with Gasteiger partial charge in [-0.25, -0.2) is 61.5 Å². The molecule has 8 nitrogen and oxygen atoms in total. The molecule has 0 aromatic heterocycles. The van der Waals surface area contributed by atoms with Crippen LogP contribution in [0.15, 0.2) is 315 Å². The smallest absolute Gasteiger partial charge is 0.126 e. The van der Waals surface area contributed by atoms with E-state index < -0.39 is 0 Å². The molecule has 14 aromatic carbocycles. The van der Waals surface area contributed by atoms with Gasteiger partial charge in [-0.1, -0.05) is 172 Å². The van der Waals surface area contributed by atoms with Crippen LogP contribution in [0.4, 0.5) is 61.5 Å². The van der Waals surface area contributed by atoms with E-state index in [1.807, 2.05) is 96.3 Å². The number of aryl methyl sites for hydroxylation is 3. The summed E-state index contributed by atoms with van der Waals surface area (Å²) < 4.78 is 188. The molecule has 137 heavy (non-hydrogen) atoms. The average molecular weight is 1890 g/mol. The summed E-state index contributed by atoms with van der Waals surface area (Å²) in [7, 11) is 1.87. The highest BCUT2D eigenvalue weighted by Crippen LogP contribution is 2.40. The van der Waals surface area contributed by atoms with Crippen molar-refractivity contribution in [2.75, 3.05) is 66.0 Å². The second-order valence-corrected chi connectivity index (χ2v) is 33.6. The van der Waals surface area contributed by atoms with E-state index in [-0.39, 0.29) is 148 Å². The van der Waals surface area contributed by atoms with Gasteiger partial charge in [0, 0.05) is 54.0 Å². The lowest BCUT2D eigenvalue weighted by Crippen LogP contribution is -2.26. The number of nitrogens with two attached hydrogens (primary N) is 5. The average Bonchev–Trinajstić information content (AvgIpc) is 0.726. The van der Waals surface area contributed by atoms with Crippen molar-refractivity contribution in [2.45, 2.75) is 121 Å². The first-order valence-electron chi connectivity index (χ1n) is 46.0. The maximum atomic E-state index is 13.7. The second kappa shape index (κ2) is 57.7. The van der Waals surface area contributed by atoms with Crippen molar-refractivity contribution in [3.63, 3.8) is 0 Å². The van der Waals surface area contributed by atoms with Crippen molar-refractivity contribution in [1.82, 2.24) is 10.6 Å². The number of hydrogen-bond donors (Lipinski definition) is 8. The van der Waals surface area contributed by atoms with E-state index >= 15 is 0 Å². The summed E-state index contributed by atoms with van der Waals surface area (Å²) in [5.74, 6) is -4.75. The SMILES string of the molecule is CCC(CN)C(c1cccc(F)c1)c1cccc(F)c1.CCNCCC(c1cccc(F)c1)c1cccc(F)c1.CNCCC(c1cccc(F)c1)c1cccc(F)c1.Cc1c(F)cccc1C(CCN)c1cccc(F)c1.Cc1ccc(F)cc1C(CCN)c1cc(F)ccc1C.Cc1ccc(F)cc1C(CCN)c1cccc(F)c1.NCC(CO)C(c1cccc(F)c1)c1cccc(F)c1. The van der Waals surface area contributed by atoms with Crippen molar-refractivity contribution in [2.24, 2.45) is 40.5 Å². The Morgan fingerprint density at radius 2 is 0.511 bits per heavy atom. The summed E-state index contributed by atoms with van der Waals surface area (Å²) >= 11 is 0. The van der Waals surface area contributed by atoms with Gasteiger partial charge in [-0.3, -0.25) is 0 Å². The quantitative estimate of drug-likeness (QED) is 0.0148. The predicted molar refractivity (Wildman–Crippen MR) is 527 cm³/mol. The lowest BCUT2D eigenvalue weighted by atomic mass is 9.79. The topological polar surface area (TPSA) is 174 Å². The molecule has 0 aliphatic carbocycles. The van der Waals surface area contributed by atoms with Gasteiger partial charge >= 0.3 is 0 Å². The number of halogens is 14. The molecule has 14 rings (SSSR count). The highest BCUT2D eigenvalue weighted by Gasteiger charge is 2.28. The van der Waals surface area contributed by atoms with E-state index in [0.29, 0.717) is 62.1 Å². The Morgan fingerprint density at radius 1 is 0.263 bits per heavy atom. The monoisotopic (exact) mass is 1890 g/mol. The third-order valence-corrected chi connectivity index (χ3v) is 24.1. The molecule has 0 heterocycles. The summed E-state index contributed by atoms with van der Waals surface area (Å²) in [6.45, 7) is 16.1. The molecule has 0 spiro atoms. The van der Waals surface area contributed by atoms with Crippen LogP contribution in [0, 0.1) is 121 Å². The zero-order chi connectivity index (χ0) is 99.5. The van der Waals surface area contributed by atoms with Crippen LogP contribution >= 0.6 is 0 Å². The minimum Gasteiger partial charge on any atom is -0.396 e. The first kappa shape index (κ1) is 110. The van der Waals surface area contributed by atoms with Gasteiger partial charge in [0.1, 0.15) is 81.4 Å². The Morgan fingerprint density at radius 3 is 0.781 bits per heavy atom. The Hall–Kier alpha value is -12.2. The maximum Gasteiger partial charge on any atom is 0.126 e. The summed E-state index contributed by atoms with van der Waals surface area (Å²) in [6, 6.07) is 83.3. The fourth-order valence-electron chi connectivity index (χ4n) is 17.2. The zero-order valence-corrected chi connectivity index (χ0v) is 78.5. The molecule has 0 amide bonds. The molecule has 0 aliphatic heterocycles. The van der Waals surface area contributed by atoms with Crippen molar-refractivity contribution in [1.29, 1.82) is 0 Å². The molecule has 13 N–H and O–H groups in total. The van der Waals surface area contributed by atoms with Gasteiger partial charge in [0.15, 0.2) is 0 Å². The minimum atomic E-state index is -0.363. The van der Waals surface area contributed by atoms with E-state index in [1.54, 1.807) is 104 Å². The number of benzene rings is 14. The Balaban J connectivity index is 0.000000196. The van der Waals surface area contributed by atoms with Crippen molar-refractivity contribution in [3.8, 4) is 0 Å². The van der Waals surface area contributed by atoms with Crippen molar-refractivity contribution in [3.05, 3.63) is 497 Å². The number of aliphatic hydroxyl groups is 1. The Bertz CT molecular complexity index is 5610. The van der Waals surface area contributed by atoms with Gasteiger partial charge < -0.3 is 44.4 Å². The van der Waals surface area contributed by atoms with Crippen LogP contribution in [0.25, 0.3) is 0 Å². The highest BCUT2D eigenvalue weighted by atomic mass is 19.2. The first-order chi connectivity index (χ1) is 66.0. The molecule has 0 radical (unpaired) electrons. The molecule has 0 saturated heterocycles. The largest absolute Gasteiger partial charge is 0.396 e. The molecule has 4 unspecified atom stereocenters. The van der Waals surface area contributed by atoms with E-state index in [9.17, 15) is 66.6 Å². The molecule has 14 aromatic rings. The molecule has 0 fully saturated rings. The van der Waals surface area contributed by atoms with Crippen LogP contribution in [0.5, 0.6) is 0 Å². The number of hydrogen-bond acceptors (Lipinski definition) is 8. The van der Waals surface area contributed by atoms with Gasteiger partial charge in [-0.05, 0) is 389 Å². The van der Waals surface area contributed by atoms with E-state index in [0.717, 1.165) is 122 Å². The lowest BCUT2D eigenvalue weighted by molar-refractivity contribution is 0.217. The summed E-state index contributed by atoms with van der Waals surface area (Å²) in [5.41, 5.74) is 43.8. The Kier molecular flexibility index (Phi) is 46.4. The Labute approximate surface area is 797 Å². The van der Waals surface area contributed by atoms with Gasteiger partial charge in [0.25, 0.3) is 0 Å². The van der Waals surface area contributed by atoms with E-state index in [1.165, 1.54) is 164 Å². The zero-order valence-electron chi connectivity index (χ0n) is 78.5. The fraction of sp³-hybridized carbons (Fsp3) is 0.270. The van der Waals surface area contributed by atoms with Crippen LogP contribution in [-0.2, 0) is 0 Å². The molecule has 22 heteroatoms.